The molecule has 2 heterocycles. The molecule has 7 nitrogen and oxygen atoms in total. The van der Waals surface area contributed by atoms with Gasteiger partial charge >= 0.3 is 0 Å². The standard InChI is InChI=1S/C21H26N4O3S2/c1-28-19-6-4-3-5-18(19)25-13-11-24(12-14-25)10-9-22-21-23-17-8-7-16(30(2,26)27)15-20(17)29-21/h3-8,15H,9-14H2,1-2H3,(H,22,23). The van der Waals surface area contributed by atoms with Gasteiger partial charge in [0.1, 0.15) is 5.75 Å². The SMILES string of the molecule is COc1ccccc1N1CCN(CCNc2nc3ccc(S(C)(=O)=O)cc3s2)CC1. The summed E-state index contributed by atoms with van der Waals surface area (Å²) in [5.74, 6) is 0.919. The maximum absolute atomic E-state index is 11.7. The highest BCUT2D eigenvalue weighted by atomic mass is 32.2. The summed E-state index contributed by atoms with van der Waals surface area (Å²) in [6.07, 6.45) is 1.22. The summed E-state index contributed by atoms with van der Waals surface area (Å²) in [6, 6.07) is 13.2. The van der Waals surface area contributed by atoms with E-state index >= 15 is 0 Å². The van der Waals surface area contributed by atoms with Crippen molar-refractivity contribution in [1.82, 2.24) is 9.88 Å². The van der Waals surface area contributed by atoms with E-state index in [0.29, 0.717) is 4.90 Å². The lowest BCUT2D eigenvalue weighted by molar-refractivity contribution is 0.266. The summed E-state index contributed by atoms with van der Waals surface area (Å²) in [4.78, 5) is 9.70. The Kier molecular flexibility index (Phi) is 6.12. The summed E-state index contributed by atoms with van der Waals surface area (Å²) < 4.78 is 29.8. The molecule has 1 fully saturated rings. The third-order valence-corrected chi connectivity index (χ3v) is 7.38. The molecule has 0 saturated carbocycles. The Labute approximate surface area is 181 Å². The van der Waals surface area contributed by atoms with Gasteiger partial charge in [0.05, 0.1) is 27.9 Å². The number of para-hydroxylation sites is 2. The minimum absolute atomic E-state index is 0.332. The van der Waals surface area contributed by atoms with Crippen LogP contribution in [-0.2, 0) is 9.84 Å². The Hall–Kier alpha value is -2.36. The zero-order valence-electron chi connectivity index (χ0n) is 17.2. The zero-order chi connectivity index (χ0) is 21.1. The fourth-order valence-corrected chi connectivity index (χ4v) is 5.29. The summed E-state index contributed by atoms with van der Waals surface area (Å²) >= 11 is 1.49. The van der Waals surface area contributed by atoms with Crippen LogP contribution in [-0.4, -0.2) is 70.9 Å². The molecule has 1 aliphatic rings. The van der Waals surface area contributed by atoms with Crippen molar-refractivity contribution in [2.24, 2.45) is 0 Å². The second-order valence-corrected chi connectivity index (χ2v) is 10.4. The monoisotopic (exact) mass is 446 g/mol. The van der Waals surface area contributed by atoms with Crippen LogP contribution in [0.4, 0.5) is 10.8 Å². The quantitative estimate of drug-likeness (QED) is 0.598. The summed E-state index contributed by atoms with van der Waals surface area (Å²) in [7, 11) is -1.49. The molecule has 0 radical (unpaired) electrons. The Bertz CT molecular complexity index is 1120. The van der Waals surface area contributed by atoms with Crippen molar-refractivity contribution < 1.29 is 13.2 Å². The number of benzene rings is 2. The molecular weight excluding hydrogens is 420 g/mol. The maximum atomic E-state index is 11.7. The van der Waals surface area contributed by atoms with Crippen LogP contribution in [0.5, 0.6) is 5.75 Å². The smallest absolute Gasteiger partial charge is 0.183 e. The van der Waals surface area contributed by atoms with Crippen molar-refractivity contribution in [3.63, 3.8) is 0 Å². The summed E-state index contributed by atoms with van der Waals surface area (Å²) in [5.41, 5.74) is 1.97. The number of ether oxygens (including phenoxy) is 1. The van der Waals surface area contributed by atoms with Crippen molar-refractivity contribution in [2.75, 3.05) is 62.9 Å². The van der Waals surface area contributed by atoms with Crippen LogP contribution in [0.25, 0.3) is 10.2 Å². The normalized spacial score (nSPS) is 15.5. The van der Waals surface area contributed by atoms with Crippen molar-refractivity contribution in [3.05, 3.63) is 42.5 Å². The fraction of sp³-hybridized carbons (Fsp3) is 0.381. The van der Waals surface area contributed by atoms with Crippen LogP contribution in [0.1, 0.15) is 0 Å². The lowest BCUT2D eigenvalue weighted by Crippen LogP contribution is -2.47. The average Bonchev–Trinajstić information content (AvgIpc) is 3.15. The Morgan fingerprint density at radius 1 is 1.13 bits per heavy atom. The largest absolute Gasteiger partial charge is 0.495 e. The molecular formula is C21H26N4O3S2. The van der Waals surface area contributed by atoms with E-state index in [1.54, 1.807) is 25.3 Å². The molecule has 0 unspecified atom stereocenters. The predicted molar refractivity (Wildman–Crippen MR) is 123 cm³/mol. The number of nitrogens with zero attached hydrogens (tertiary/aromatic N) is 3. The van der Waals surface area contributed by atoms with Crippen LogP contribution < -0.4 is 15.0 Å². The zero-order valence-corrected chi connectivity index (χ0v) is 18.8. The van der Waals surface area contributed by atoms with E-state index in [2.05, 4.69) is 26.2 Å². The lowest BCUT2D eigenvalue weighted by atomic mass is 10.2. The second kappa shape index (κ2) is 8.79. The number of hydrogen-bond acceptors (Lipinski definition) is 8. The van der Waals surface area contributed by atoms with Gasteiger partial charge in [0, 0.05) is 45.5 Å². The first-order valence-electron chi connectivity index (χ1n) is 9.89. The summed E-state index contributed by atoms with van der Waals surface area (Å²) in [5, 5.41) is 4.21. The van der Waals surface area contributed by atoms with E-state index in [9.17, 15) is 8.42 Å². The molecule has 1 aromatic heterocycles. The Morgan fingerprint density at radius 2 is 1.90 bits per heavy atom. The van der Waals surface area contributed by atoms with Gasteiger partial charge in [-0.1, -0.05) is 23.5 Å². The van der Waals surface area contributed by atoms with Gasteiger partial charge in [-0.2, -0.15) is 0 Å². The number of piperazine rings is 1. The highest BCUT2D eigenvalue weighted by molar-refractivity contribution is 7.90. The third kappa shape index (κ3) is 4.69. The van der Waals surface area contributed by atoms with Crippen LogP contribution in [0.15, 0.2) is 47.4 Å². The van der Waals surface area contributed by atoms with Crippen molar-refractivity contribution in [1.29, 1.82) is 0 Å². The number of thiazole rings is 1. The Morgan fingerprint density at radius 3 is 2.63 bits per heavy atom. The molecule has 0 bridgehead atoms. The molecule has 0 aliphatic carbocycles. The molecule has 1 N–H and O–H groups in total. The fourth-order valence-electron chi connectivity index (χ4n) is 3.64. The first-order valence-corrected chi connectivity index (χ1v) is 12.6. The molecule has 30 heavy (non-hydrogen) atoms. The maximum Gasteiger partial charge on any atom is 0.183 e. The molecule has 0 atom stereocenters. The minimum atomic E-state index is -3.21. The van der Waals surface area contributed by atoms with E-state index in [1.165, 1.54) is 17.6 Å². The highest BCUT2D eigenvalue weighted by Gasteiger charge is 2.19. The van der Waals surface area contributed by atoms with E-state index in [1.807, 2.05) is 18.2 Å². The van der Waals surface area contributed by atoms with E-state index in [0.717, 1.165) is 66.1 Å². The first kappa shape index (κ1) is 20.9. The van der Waals surface area contributed by atoms with Gasteiger partial charge in [-0.3, -0.25) is 4.90 Å². The van der Waals surface area contributed by atoms with Crippen molar-refractivity contribution in [3.8, 4) is 5.75 Å². The summed E-state index contributed by atoms with van der Waals surface area (Å²) in [6.45, 7) is 5.66. The van der Waals surface area contributed by atoms with Crippen molar-refractivity contribution in [2.45, 2.75) is 4.90 Å². The number of anilines is 2. The highest BCUT2D eigenvalue weighted by Crippen LogP contribution is 2.29. The number of rotatable bonds is 7. The molecule has 1 aliphatic heterocycles. The number of sulfone groups is 1. The Balaban J connectivity index is 1.29. The first-order chi connectivity index (χ1) is 14.4. The predicted octanol–water partition coefficient (Wildman–Crippen LogP) is 2.94. The van der Waals surface area contributed by atoms with Gasteiger partial charge < -0.3 is 15.0 Å². The van der Waals surface area contributed by atoms with Crippen LogP contribution in [0.3, 0.4) is 0 Å². The molecule has 0 amide bonds. The average molecular weight is 447 g/mol. The van der Waals surface area contributed by atoms with Gasteiger partial charge in [-0.25, -0.2) is 13.4 Å². The molecule has 4 rings (SSSR count). The van der Waals surface area contributed by atoms with Gasteiger partial charge in [0.15, 0.2) is 15.0 Å². The molecule has 160 valence electrons. The number of methoxy groups -OCH3 is 1. The van der Waals surface area contributed by atoms with E-state index in [4.69, 9.17) is 4.74 Å². The van der Waals surface area contributed by atoms with Gasteiger partial charge in [0.2, 0.25) is 0 Å². The van der Waals surface area contributed by atoms with Gasteiger partial charge in [-0.05, 0) is 30.3 Å². The molecule has 0 spiro atoms. The van der Waals surface area contributed by atoms with Gasteiger partial charge in [0.25, 0.3) is 0 Å². The molecule has 1 saturated heterocycles. The second-order valence-electron chi connectivity index (χ2n) is 7.35. The number of nitrogens with one attached hydrogen (secondary N) is 1. The van der Waals surface area contributed by atoms with Crippen LogP contribution >= 0.6 is 11.3 Å². The van der Waals surface area contributed by atoms with Crippen LogP contribution in [0.2, 0.25) is 0 Å². The van der Waals surface area contributed by atoms with Gasteiger partial charge in [-0.15, -0.1) is 0 Å². The number of aromatic nitrogens is 1. The van der Waals surface area contributed by atoms with Crippen molar-refractivity contribution >= 4 is 42.2 Å². The minimum Gasteiger partial charge on any atom is -0.495 e. The van der Waals surface area contributed by atoms with E-state index in [-0.39, 0.29) is 0 Å². The molecule has 9 heteroatoms. The number of fused-ring (bicyclic) bond motifs is 1. The molecule has 2 aromatic carbocycles. The lowest BCUT2D eigenvalue weighted by Gasteiger charge is -2.36. The third-order valence-electron chi connectivity index (χ3n) is 5.29. The molecule has 3 aromatic rings. The van der Waals surface area contributed by atoms with E-state index < -0.39 is 9.84 Å². The van der Waals surface area contributed by atoms with Crippen LogP contribution in [0, 0.1) is 0 Å². The topological polar surface area (TPSA) is 74.8 Å². The number of hydrogen-bond donors (Lipinski definition) is 1.